The summed E-state index contributed by atoms with van der Waals surface area (Å²) >= 11 is 5.99. The van der Waals surface area contributed by atoms with Gasteiger partial charge in [-0.15, -0.1) is 0 Å². The maximum Gasteiger partial charge on any atom is 0.129 e. The van der Waals surface area contributed by atoms with Gasteiger partial charge >= 0.3 is 0 Å². The first-order valence-corrected chi connectivity index (χ1v) is 6.69. The number of aromatic nitrogens is 2. The minimum atomic E-state index is 0.549. The van der Waals surface area contributed by atoms with Crippen LogP contribution in [0.15, 0.2) is 42.6 Å². The van der Waals surface area contributed by atoms with Gasteiger partial charge in [0, 0.05) is 17.6 Å². The Morgan fingerprint density at radius 1 is 1.16 bits per heavy atom. The van der Waals surface area contributed by atoms with E-state index in [9.17, 15) is 0 Å². The fraction of sp³-hybridized carbons (Fsp3) is 0.188. The first kappa shape index (κ1) is 12.2. The van der Waals surface area contributed by atoms with Crippen molar-refractivity contribution in [3.05, 3.63) is 64.6 Å². The van der Waals surface area contributed by atoms with Crippen molar-refractivity contribution in [3.63, 3.8) is 0 Å². The molecule has 3 rings (SSSR count). The number of rotatable bonds is 2. The minimum absolute atomic E-state index is 0.549. The second-order valence-corrected chi connectivity index (χ2v) is 5.19. The monoisotopic (exact) mass is 270 g/mol. The summed E-state index contributed by atoms with van der Waals surface area (Å²) in [6.45, 7) is 5.14. The number of halogens is 1. The molecule has 0 bridgehead atoms. The zero-order chi connectivity index (χ0) is 13.4. The van der Waals surface area contributed by atoms with E-state index in [0.717, 1.165) is 12.1 Å². The van der Waals surface area contributed by atoms with Gasteiger partial charge in [-0.2, -0.15) is 0 Å². The number of aryl methyl sites for hydroxylation is 1. The Balaban J connectivity index is 2.16. The number of fused-ring (bicyclic) bond motifs is 1. The van der Waals surface area contributed by atoms with Crippen molar-refractivity contribution in [2.45, 2.75) is 20.4 Å². The van der Waals surface area contributed by atoms with Crippen molar-refractivity contribution >= 4 is 22.5 Å². The largest absolute Gasteiger partial charge is 0.339 e. The second-order valence-electron chi connectivity index (χ2n) is 4.81. The van der Waals surface area contributed by atoms with Crippen molar-refractivity contribution in [1.29, 1.82) is 0 Å². The minimum Gasteiger partial charge on any atom is -0.339 e. The van der Waals surface area contributed by atoms with Gasteiger partial charge in [-0.25, -0.2) is 4.98 Å². The SMILES string of the molecule is Cc1c(C)n(Cc2ccccc2)c2cnc(Cl)cc12. The van der Waals surface area contributed by atoms with Crippen LogP contribution >= 0.6 is 11.6 Å². The van der Waals surface area contributed by atoms with Gasteiger partial charge in [-0.3, -0.25) is 0 Å². The topological polar surface area (TPSA) is 17.8 Å². The molecule has 0 amide bonds. The average molecular weight is 271 g/mol. The highest BCUT2D eigenvalue weighted by atomic mass is 35.5. The van der Waals surface area contributed by atoms with E-state index in [1.807, 2.05) is 18.3 Å². The number of benzene rings is 1. The van der Waals surface area contributed by atoms with E-state index in [-0.39, 0.29) is 0 Å². The zero-order valence-corrected chi connectivity index (χ0v) is 11.8. The van der Waals surface area contributed by atoms with E-state index in [1.54, 1.807) is 0 Å². The van der Waals surface area contributed by atoms with E-state index < -0.39 is 0 Å². The molecule has 96 valence electrons. The molecule has 2 heterocycles. The van der Waals surface area contributed by atoms with E-state index in [4.69, 9.17) is 11.6 Å². The van der Waals surface area contributed by atoms with Crippen LogP contribution in [0.3, 0.4) is 0 Å². The van der Waals surface area contributed by atoms with Crippen molar-refractivity contribution < 1.29 is 0 Å². The Labute approximate surface area is 117 Å². The van der Waals surface area contributed by atoms with Crippen molar-refractivity contribution in [3.8, 4) is 0 Å². The Bertz CT molecular complexity index is 729. The Hall–Kier alpha value is -1.80. The van der Waals surface area contributed by atoms with Crippen molar-refractivity contribution in [2.24, 2.45) is 0 Å². The molecule has 3 aromatic rings. The zero-order valence-electron chi connectivity index (χ0n) is 11.0. The van der Waals surface area contributed by atoms with Gasteiger partial charge in [-0.05, 0) is 31.0 Å². The summed E-state index contributed by atoms with van der Waals surface area (Å²) in [5.41, 5.74) is 4.97. The lowest BCUT2D eigenvalue weighted by molar-refractivity contribution is 0.799. The van der Waals surface area contributed by atoms with Crippen LogP contribution in [0.2, 0.25) is 5.15 Å². The molecule has 1 aromatic carbocycles. The molecule has 2 aromatic heterocycles. The van der Waals surface area contributed by atoms with Crippen LogP contribution in [0.5, 0.6) is 0 Å². The first-order chi connectivity index (χ1) is 9.16. The van der Waals surface area contributed by atoms with Crippen LogP contribution < -0.4 is 0 Å². The normalized spacial score (nSPS) is 11.1. The second kappa shape index (κ2) is 4.71. The Morgan fingerprint density at radius 3 is 2.63 bits per heavy atom. The van der Waals surface area contributed by atoms with Crippen LogP contribution in [0.4, 0.5) is 0 Å². The molecule has 0 N–H and O–H groups in total. The maximum absolute atomic E-state index is 5.99. The molecule has 0 fully saturated rings. The van der Waals surface area contributed by atoms with E-state index in [1.165, 1.54) is 22.2 Å². The highest BCUT2D eigenvalue weighted by Gasteiger charge is 2.11. The average Bonchev–Trinajstić information content (AvgIpc) is 2.65. The summed E-state index contributed by atoms with van der Waals surface area (Å²) in [5, 5.41) is 1.74. The summed E-state index contributed by atoms with van der Waals surface area (Å²) < 4.78 is 2.29. The van der Waals surface area contributed by atoms with Gasteiger partial charge in [0.25, 0.3) is 0 Å². The highest BCUT2D eigenvalue weighted by molar-refractivity contribution is 6.30. The summed E-state index contributed by atoms with van der Waals surface area (Å²) in [6.07, 6.45) is 1.86. The smallest absolute Gasteiger partial charge is 0.129 e. The molecule has 19 heavy (non-hydrogen) atoms. The third-order valence-corrected chi connectivity index (χ3v) is 3.88. The van der Waals surface area contributed by atoms with Crippen LogP contribution in [-0.4, -0.2) is 9.55 Å². The van der Waals surface area contributed by atoms with Gasteiger partial charge in [-0.1, -0.05) is 41.9 Å². The third kappa shape index (κ3) is 2.13. The molecular weight excluding hydrogens is 256 g/mol. The molecule has 0 atom stereocenters. The van der Waals surface area contributed by atoms with Crippen LogP contribution in [0, 0.1) is 13.8 Å². The van der Waals surface area contributed by atoms with Crippen molar-refractivity contribution in [1.82, 2.24) is 9.55 Å². The quantitative estimate of drug-likeness (QED) is 0.633. The highest BCUT2D eigenvalue weighted by Crippen LogP contribution is 2.27. The molecular formula is C16H15ClN2. The summed E-state index contributed by atoms with van der Waals surface area (Å²) in [5.74, 6) is 0. The number of hydrogen-bond acceptors (Lipinski definition) is 1. The summed E-state index contributed by atoms with van der Waals surface area (Å²) in [7, 11) is 0. The van der Waals surface area contributed by atoms with Gasteiger partial charge in [0.15, 0.2) is 0 Å². The molecule has 0 aliphatic carbocycles. The predicted molar refractivity (Wildman–Crippen MR) is 79.8 cm³/mol. The number of nitrogens with zero attached hydrogens (tertiary/aromatic N) is 2. The van der Waals surface area contributed by atoms with Gasteiger partial charge in [0.05, 0.1) is 11.7 Å². The summed E-state index contributed by atoms with van der Waals surface area (Å²) in [4.78, 5) is 4.21. The van der Waals surface area contributed by atoms with Crippen LogP contribution in [0.25, 0.3) is 10.9 Å². The fourth-order valence-electron chi connectivity index (χ4n) is 2.49. The molecule has 2 nitrogen and oxygen atoms in total. The fourth-order valence-corrected chi connectivity index (χ4v) is 2.64. The lowest BCUT2D eigenvalue weighted by atomic mass is 10.2. The van der Waals surface area contributed by atoms with Gasteiger partial charge < -0.3 is 4.57 Å². The molecule has 0 saturated heterocycles. The molecule has 0 aliphatic heterocycles. The maximum atomic E-state index is 5.99. The Kier molecular flexibility index (Phi) is 3.03. The third-order valence-electron chi connectivity index (χ3n) is 3.68. The number of hydrogen-bond donors (Lipinski definition) is 0. The van der Waals surface area contributed by atoms with Gasteiger partial charge in [0.2, 0.25) is 0 Å². The standard InChI is InChI=1S/C16H15ClN2/c1-11-12(2)19(10-13-6-4-3-5-7-13)15-9-18-16(17)8-14(11)15/h3-9H,10H2,1-2H3. The Morgan fingerprint density at radius 2 is 1.89 bits per heavy atom. The molecule has 3 heteroatoms. The summed E-state index contributed by atoms with van der Waals surface area (Å²) in [6, 6.07) is 12.4. The molecule has 0 radical (unpaired) electrons. The van der Waals surface area contributed by atoms with Gasteiger partial charge in [0.1, 0.15) is 5.15 Å². The van der Waals surface area contributed by atoms with E-state index in [0.29, 0.717) is 5.15 Å². The molecule has 0 unspecified atom stereocenters. The molecule has 0 aliphatic rings. The molecule has 0 saturated carbocycles. The lowest BCUT2D eigenvalue weighted by Crippen LogP contribution is -2.01. The number of pyridine rings is 1. The lowest BCUT2D eigenvalue weighted by Gasteiger charge is -2.08. The van der Waals surface area contributed by atoms with Crippen LogP contribution in [-0.2, 0) is 6.54 Å². The van der Waals surface area contributed by atoms with Crippen LogP contribution in [0.1, 0.15) is 16.8 Å². The first-order valence-electron chi connectivity index (χ1n) is 6.31. The van der Waals surface area contributed by atoms with Crippen molar-refractivity contribution in [2.75, 3.05) is 0 Å². The predicted octanol–water partition coefficient (Wildman–Crippen LogP) is 4.35. The molecule has 0 spiro atoms. The van der Waals surface area contributed by atoms with E-state index in [2.05, 4.69) is 47.7 Å². The van der Waals surface area contributed by atoms with E-state index >= 15 is 0 Å².